The third kappa shape index (κ3) is 7.10. The van der Waals surface area contributed by atoms with Gasteiger partial charge in [-0.25, -0.2) is 0 Å². The van der Waals surface area contributed by atoms with Gasteiger partial charge in [0.25, 0.3) is 0 Å². The molecule has 0 radical (unpaired) electrons. The summed E-state index contributed by atoms with van der Waals surface area (Å²) in [5, 5.41) is 6.40. The van der Waals surface area contributed by atoms with Crippen LogP contribution in [0, 0.1) is 0 Å². The van der Waals surface area contributed by atoms with Crippen LogP contribution in [0.3, 0.4) is 0 Å². The van der Waals surface area contributed by atoms with E-state index in [1.54, 1.807) is 0 Å². The predicted octanol–water partition coefficient (Wildman–Crippen LogP) is 6.30. The van der Waals surface area contributed by atoms with E-state index in [1.807, 2.05) is 24.3 Å². The molecule has 0 heterocycles. The Bertz CT molecular complexity index is 893. The van der Waals surface area contributed by atoms with Crippen LogP contribution in [0.1, 0.15) is 33.4 Å². The number of hydrogen-bond acceptors (Lipinski definition) is 2. The molecule has 0 aliphatic carbocycles. The van der Waals surface area contributed by atoms with Crippen molar-refractivity contribution in [3.8, 4) is 0 Å². The summed E-state index contributed by atoms with van der Waals surface area (Å²) in [4.78, 5) is 0. The van der Waals surface area contributed by atoms with Gasteiger partial charge in [-0.1, -0.05) is 48.5 Å². The van der Waals surface area contributed by atoms with Crippen LogP contribution in [-0.2, 0) is 38.5 Å². The molecule has 0 amide bonds. The summed E-state index contributed by atoms with van der Waals surface area (Å²) in [6.45, 7) is 2.05. The Morgan fingerprint density at radius 3 is 0.844 bits per heavy atom. The van der Waals surface area contributed by atoms with Crippen molar-refractivity contribution in [3.63, 3.8) is 0 Å². The topological polar surface area (TPSA) is 24.1 Å². The summed E-state index contributed by atoms with van der Waals surface area (Å²) < 4.78 is 75.5. The van der Waals surface area contributed by atoms with Gasteiger partial charge in [0.15, 0.2) is 0 Å². The standard InChI is InChI=1S/C24H22F6N2/c25-23(26,27)21-9-5-19(6-10-21)15-31-13-17-1-2-18(4-3-17)14-32-16-20-7-11-22(12-8-20)24(28,29)30/h1-12,31-32H,13-16H2. The minimum Gasteiger partial charge on any atom is -0.309 e. The first kappa shape index (κ1) is 23.8. The maximum absolute atomic E-state index is 12.6. The molecule has 3 aromatic rings. The second-order valence-corrected chi connectivity index (χ2v) is 7.41. The van der Waals surface area contributed by atoms with Gasteiger partial charge in [-0.2, -0.15) is 26.3 Å². The summed E-state index contributed by atoms with van der Waals surface area (Å²) in [5.41, 5.74) is 2.27. The van der Waals surface area contributed by atoms with Crippen molar-refractivity contribution in [3.05, 3.63) is 106 Å². The van der Waals surface area contributed by atoms with Crippen LogP contribution in [0.5, 0.6) is 0 Å². The van der Waals surface area contributed by atoms with Crippen LogP contribution >= 0.6 is 0 Å². The monoisotopic (exact) mass is 452 g/mol. The van der Waals surface area contributed by atoms with Gasteiger partial charge in [0.2, 0.25) is 0 Å². The molecule has 32 heavy (non-hydrogen) atoms. The van der Waals surface area contributed by atoms with Crippen molar-refractivity contribution in [1.82, 2.24) is 10.6 Å². The SMILES string of the molecule is FC(F)(F)c1ccc(CNCc2ccc(CNCc3ccc(C(F)(F)F)cc3)cc2)cc1. The van der Waals surface area contributed by atoms with E-state index < -0.39 is 23.5 Å². The maximum atomic E-state index is 12.6. The molecule has 0 spiro atoms. The second-order valence-electron chi connectivity index (χ2n) is 7.41. The van der Waals surface area contributed by atoms with Gasteiger partial charge < -0.3 is 10.6 Å². The molecule has 0 saturated carbocycles. The van der Waals surface area contributed by atoms with Crippen molar-refractivity contribution in [2.24, 2.45) is 0 Å². The molecule has 2 nitrogen and oxygen atoms in total. The highest BCUT2D eigenvalue weighted by Crippen LogP contribution is 2.29. The molecular formula is C24H22F6N2. The molecule has 0 saturated heterocycles. The fraction of sp³-hybridized carbons (Fsp3) is 0.250. The second kappa shape index (κ2) is 10.2. The molecule has 0 atom stereocenters. The highest BCUT2D eigenvalue weighted by molar-refractivity contribution is 5.26. The minimum atomic E-state index is -4.33. The lowest BCUT2D eigenvalue weighted by molar-refractivity contribution is -0.138. The van der Waals surface area contributed by atoms with E-state index in [-0.39, 0.29) is 0 Å². The Morgan fingerprint density at radius 2 is 0.625 bits per heavy atom. The number of benzene rings is 3. The first-order valence-corrected chi connectivity index (χ1v) is 9.93. The predicted molar refractivity (Wildman–Crippen MR) is 110 cm³/mol. The molecule has 3 aromatic carbocycles. The molecule has 0 aliphatic heterocycles. The number of rotatable bonds is 8. The van der Waals surface area contributed by atoms with Gasteiger partial charge in [0.1, 0.15) is 0 Å². The summed E-state index contributed by atoms with van der Waals surface area (Å²) >= 11 is 0. The third-order valence-electron chi connectivity index (χ3n) is 4.90. The number of hydrogen-bond donors (Lipinski definition) is 2. The van der Waals surface area contributed by atoms with Crippen LogP contribution in [0.4, 0.5) is 26.3 Å². The molecule has 0 fully saturated rings. The third-order valence-corrected chi connectivity index (χ3v) is 4.90. The van der Waals surface area contributed by atoms with Crippen molar-refractivity contribution in [1.29, 1.82) is 0 Å². The fourth-order valence-corrected chi connectivity index (χ4v) is 3.10. The Hall–Kier alpha value is -2.84. The zero-order valence-corrected chi connectivity index (χ0v) is 17.0. The number of nitrogens with one attached hydrogen (secondary N) is 2. The quantitative estimate of drug-likeness (QED) is 0.392. The van der Waals surface area contributed by atoms with E-state index in [2.05, 4.69) is 10.6 Å². The van der Waals surface area contributed by atoms with Crippen molar-refractivity contribution in [2.45, 2.75) is 38.5 Å². The Kier molecular flexibility index (Phi) is 7.58. The number of halogens is 6. The number of alkyl halides is 6. The van der Waals surface area contributed by atoms with Gasteiger partial charge in [-0.15, -0.1) is 0 Å². The molecule has 0 bridgehead atoms. The first-order chi connectivity index (χ1) is 15.1. The van der Waals surface area contributed by atoms with Gasteiger partial charge in [-0.3, -0.25) is 0 Å². The van der Waals surface area contributed by atoms with Gasteiger partial charge in [0, 0.05) is 26.2 Å². The van der Waals surface area contributed by atoms with E-state index in [0.29, 0.717) is 26.2 Å². The molecule has 0 unspecified atom stereocenters. The molecule has 0 aromatic heterocycles. The smallest absolute Gasteiger partial charge is 0.309 e. The highest BCUT2D eigenvalue weighted by atomic mass is 19.4. The van der Waals surface area contributed by atoms with Crippen molar-refractivity contribution >= 4 is 0 Å². The van der Waals surface area contributed by atoms with Crippen molar-refractivity contribution < 1.29 is 26.3 Å². The zero-order chi connectivity index (χ0) is 23.2. The lowest BCUT2D eigenvalue weighted by Gasteiger charge is -2.10. The summed E-state index contributed by atoms with van der Waals surface area (Å²) in [6.07, 6.45) is -8.67. The highest BCUT2D eigenvalue weighted by Gasteiger charge is 2.30. The van der Waals surface area contributed by atoms with Crippen LogP contribution in [0.25, 0.3) is 0 Å². The molecular weight excluding hydrogens is 430 g/mol. The van der Waals surface area contributed by atoms with E-state index >= 15 is 0 Å². The Morgan fingerprint density at radius 1 is 0.406 bits per heavy atom. The lowest BCUT2D eigenvalue weighted by Crippen LogP contribution is -2.14. The summed E-state index contributed by atoms with van der Waals surface area (Å²) in [7, 11) is 0. The van der Waals surface area contributed by atoms with Crippen molar-refractivity contribution in [2.75, 3.05) is 0 Å². The van der Waals surface area contributed by atoms with Gasteiger partial charge >= 0.3 is 12.4 Å². The van der Waals surface area contributed by atoms with E-state index in [1.165, 1.54) is 24.3 Å². The molecule has 8 heteroatoms. The maximum Gasteiger partial charge on any atom is 0.416 e. The van der Waals surface area contributed by atoms with E-state index in [9.17, 15) is 26.3 Å². The van der Waals surface area contributed by atoms with Crippen LogP contribution < -0.4 is 10.6 Å². The summed E-state index contributed by atoms with van der Waals surface area (Å²) in [5.74, 6) is 0. The van der Waals surface area contributed by atoms with Crippen LogP contribution in [0.2, 0.25) is 0 Å². The minimum absolute atomic E-state index is 0.453. The normalized spacial score (nSPS) is 12.2. The molecule has 2 N–H and O–H groups in total. The van der Waals surface area contributed by atoms with Crippen LogP contribution in [-0.4, -0.2) is 0 Å². The summed E-state index contributed by atoms with van der Waals surface area (Å²) in [6, 6.07) is 17.9. The van der Waals surface area contributed by atoms with Gasteiger partial charge in [-0.05, 0) is 46.5 Å². The molecule has 3 rings (SSSR count). The zero-order valence-electron chi connectivity index (χ0n) is 17.0. The van der Waals surface area contributed by atoms with E-state index in [4.69, 9.17) is 0 Å². The lowest BCUT2D eigenvalue weighted by atomic mass is 10.1. The average Bonchev–Trinajstić information content (AvgIpc) is 2.74. The Balaban J connectivity index is 1.40. The average molecular weight is 452 g/mol. The van der Waals surface area contributed by atoms with Gasteiger partial charge in [0.05, 0.1) is 11.1 Å². The fourth-order valence-electron chi connectivity index (χ4n) is 3.10. The first-order valence-electron chi connectivity index (χ1n) is 9.93. The largest absolute Gasteiger partial charge is 0.416 e. The Labute approximate surface area is 182 Å². The van der Waals surface area contributed by atoms with Crippen LogP contribution in [0.15, 0.2) is 72.8 Å². The molecule has 0 aliphatic rings. The van der Waals surface area contributed by atoms with E-state index in [0.717, 1.165) is 46.5 Å². The molecule has 170 valence electrons.